The van der Waals surface area contributed by atoms with Gasteiger partial charge in [-0.05, 0) is 30.5 Å². The molecule has 0 saturated carbocycles. The van der Waals surface area contributed by atoms with Crippen molar-refractivity contribution in [3.63, 3.8) is 0 Å². The number of nitrogens with one attached hydrogen (secondary N) is 1. The van der Waals surface area contributed by atoms with Crippen LogP contribution in [0.3, 0.4) is 0 Å². The van der Waals surface area contributed by atoms with Crippen molar-refractivity contribution < 1.29 is 14.3 Å². The Morgan fingerprint density at radius 3 is 2.67 bits per heavy atom. The maximum atomic E-state index is 11.9. The molecule has 1 aliphatic heterocycles. The number of hydrogen-bond donors (Lipinski definition) is 2. The van der Waals surface area contributed by atoms with Gasteiger partial charge in [0.1, 0.15) is 5.75 Å². The molecule has 134 valence electrons. The molecular formula is C17H26ClN3O3. The number of halogens is 1. The average Bonchev–Trinajstić information content (AvgIpc) is 2.75. The van der Waals surface area contributed by atoms with E-state index in [4.69, 9.17) is 10.5 Å². The Labute approximate surface area is 149 Å². The van der Waals surface area contributed by atoms with Gasteiger partial charge in [-0.3, -0.25) is 9.59 Å². The smallest absolute Gasteiger partial charge is 0.255 e. The molecule has 0 spiro atoms. The Balaban J connectivity index is 0.00000288. The number of carbonyl (C=O) groups excluding carboxylic acids is 2. The van der Waals surface area contributed by atoms with Crippen molar-refractivity contribution in [1.29, 1.82) is 0 Å². The number of nitrogens with two attached hydrogens (primary N) is 1. The van der Waals surface area contributed by atoms with E-state index in [-0.39, 0.29) is 24.9 Å². The number of benzene rings is 1. The first-order valence-electron chi connectivity index (χ1n) is 8.13. The predicted molar refractivity (Wildman–Crippen MR) is 95.1 cm³/mol. The molecule has 1 aromatic carbocycles. The minimum absolute atomic E-state index is 0. The van der Waals surface area contributed by atoms with Crippen LogP contribution in [0, 0.1) is 0 Å². The third kappa shape index (κ3) is 7.19. The van der Waals surface area contributed by atoms with E-state index in [2.05, 4.69) is 5.32 Å². The molecule has 0 unspecified atom stereocenters. The van der Waals surface area contributed by atoms with Crippen LogP contribution in [-0.4, -0.2) is 43.0 Å². The van der Waals surface area contributed by atoms with Gasteiger partial charge in [-0.1, -0.05) is 18.6 Å². The molecule has 2 amide bonds. The summed E-state index contributed by atoms with van der Waals surface area (Å²) in [5.41, 5.74) is 6.15. The molecule has 1 fully saturated rings. The maximum Gasteiger partial charge on any atom is 0.255 e. The van der Waals surface area contributed by atoms with Crippen molar-refractivity contribution in [1.82, 2.24) is 10.2 Å². The van der Waals surface area contributed by atoms with Gasteiger partial charge >= 0.3 is 0 Å². The number of nitrogens with zero attached hydrogens (tertiary/aromatic N) is 1. The van der Waals surface area contributed by atoms with Crippen molar-refractivity contribution >= 4 is 24.2 Å². The lowest BCUT2D eigenvalue weighted by Gasteiger charge is -2.20. The number of ether oxygens (including phenoxy) is 1. The molecule has 1 heterocycles. The van der Waals surface area contributed by atoms with Crippen LogP contribution in [0.15, 0.2) is 24.3 Å². The Kier molecular flexibility index (Phi) is 9.19. The predicted octanol–water partition coefficient (Wildman–Crippen LogP) is 1.46. The molecular weight excluding hydrogens is 330 g/mol. The molecule has 0 aromatic heterocycles. The minimum atomic E-state index is -0.487. The molecule has 0 aliphatic carbocycles. The maximum absolute atomic E-state index is 11.9. The Morgan fingerprint density at radius 2 is 1.96 bits per heavy atom. The van der Waals surface area contributed by atoms with E-state index in [0.717, 1.165) is 51.0 Å². The second kappa shape index (κ2) is 10.9. The van der Waals surface area contributed by atoms with Gasteiger partial charge in [0.2, 0.25) is 5.91 Å². The molecule has 3 N–H and O–H groups in total. The lowest BCUT2D eigenvalue weighted by atomic mass is 10.2. The highest BCUT2D eigenvalue weighted by atomic mass is 35.5. The fraction of sp³-hybridized carbons (Fsp3) is 0.529. The lowest BCUT2D eigenvalue weighted by molar-refractivity contribution is -0.130. The van der Waals surface area contributed by atoms with Crippen LogP contribution in [0.1, 0.15) is 31.2 Å². The van der Waals surface area contributed by atoms with Gasteiger partial charge < -0.3 is 20.7 Å². The molecule has 0 bridgehead atoms. The normalized spacial score (nSPS) is 14.7. The first-order valence-corrected chi connectivity index (χ1v) is 8.13. The van der Waals surface area contributed by atoms with Crippen LogP contribution in [-0.2, 0) is 16.1 Å². The quantitative estimate of drug-likeness (QED) is 0.691. The zero-order valence-corrected chi connectivity index (χ0v) is 14.6. The summed E-state index contributed by atoms with van der Waals surface area (Å²) in [7, 11) is 0. The summed E-state index contributed by atoms with van der Waals surface area (Å²) < 4.78 is 5.21. The number of primary amides is 1. The highest BCUT2D eigenvalue weighted by molar-refractivity contribution is 5.85. The molecule has 1 saturated heterocycles. The first kappa shape index (κ1) is 20.3. The number of hydrogen-bond acceptors (Lipinski definition) is 4. The van der Waals surface area contributed by atoms with Crippen molar-refractivity contribution in [3.8, 4) is 5.75 Å². The van der Waals surface area contributed by atoms with Crippen LogP contribution in [0.5, 0.6) is 5.75 Å². The summed E-state index contributed by atoms with van der Waals surface area (Å²) in [6, 6.07) is 7.53. The van der Waals surface area contributed by atoms with Crippen LogP contribution >= 0.6 is 12.4 Å². The van der Waals surface area contributed by atoms with Gasteiger partial charge in [-0.15, -0.1) is 12.4 Å². The van der Waals surface area contributed by atoms with Crippen molar-refractivity contribution in [2.75, 3.05) is 26.2 Å². The molecule has 0 radical (unpaired) electrons. The van der Waals surface area contributed by atoms with Gasteiger partial charge in [0, 0.05) is 32.6 Å². The average molecular weight is 356 g/mol. The summed E-state index contributed by atoms with van der Waals surface area (Å²) in [4.78, 5) is 24.5. The fourth-order valence-electron chi connectivity index (χ4n) is 2.58. The summed E-state index contributed by atoms with van der Waals surface area (Å²) >= 11 is 0. The Bertz CT molecular complexity index is 522. The minimum Gasteiger partial charge on any atom is -0.484 e. The van der Waals surface area contributed by atoms with E-state index in [1.165, 1.54) is 0 Å². The largest absolute Gasteiger partial charge is 0.484 e. The summed E-state index contributed by atoms with van der Waals surface area (Å²) in [6.07, 6.45) is 3.97. The zero-order valence-electron chi connectivity index (χ0n) is 13.8. The number of likely N-dealkylation sites (tertiary alicyclic amines) is 1. The van der Waals surface area contributed by atoms with Gasteiger partial charge in [0.15, 0.2) is 6.61 Å². The van der Waals surface area contributed by atoms with Crippen molar-refractivity contribution in [3.05, 3.63) is 29.8 Å². The topological polar surface area (TPSA) is 84.7 Å². The highest BCUT2D eigenvalue weighted by Crippen LogP contribution is 2.12. The molecule has 7 heteroatoms. The second-order valence-electron chi connectivity index (χ2n) is 5.77. The van der Waals surface area contributed by atoms with E-state index in [1.807, 2.05) is 29.2 Å². The summed E-state index contributed by atoms with van der Waals surface area (Å²) in [5, 5.41) is 3.35. The SMILES string of the molecule is Cl.NC(=O)COc1ccc(CNCCN2CCCCCC2=O)cc1. The Morgan fingerprint density at radius 1 is 1.21 bits per heavy atom. The monoisotopic (exact) mass is 355 g/mol. The number of amides is 2. The summed E-state index contributed by atoms with van der Waals surface area (Å²) in [6.45, 7) is 3.05. The van der Waals surface area contributed by atoms with Crippen LogP contribution < -0.4 is 15.8 Å². The number of rotatable bonds is 8. The fourth-order valence-corrected chi connectivity index (χ4v) is 2.58. The second-order valence-corrected chi connectivity index (χ2v) is 5.77. The van der Waals surface area contributed by atoms with Gasteiger partial charge in [-0.25, -0.2) is 0 Å². The van der Waals surface area contributed by atoms with Crippen LogP contribution in [0.2, 0.25) is 0 Å². The van der Waals surface area contributed by atoms with Crippen molar-refractivity contribution in [2.45, 2.75) is 32.2 Å². The van der Waals surface area contributed by atoms with Crippen molar-refractivity contribution in [2.24, 2.45) is 5.73 Å². The lowest BCUT2D eigenvalue weighted by Crippen LogP contribution is -2.36. The van der Waals surface area contributed by atoms with E-state index in [9.17, 15) is 9.59 Å². The number of carbonyl (C=O) groups is 2. The van der Waals surface area contributed by atoms with E-state index in [1.54, 1.807) is 0 Å². The van der Waals surface area contributed by atoms with E-state index >= 15 is 0 Å². The van der Waals surface area contributed by atoms with Crippen LogP contribution in [0.25, 0.3) is 0 Å². The standard InChI is InChI=1S/C17H25N3O3.ClH/c18-16(21)13-23-15-7-5-14(6-8-15)12-19-9-11-20-10-3-1-2-4-17(20)22;/h5-8,19H,1-4,9-13H2,(H2,18,21);1H. The van der Waals surface area contributed by atoms with Gasteiger partial charge in [0.05, 0.1) is 0 Å². The van der Waals surface area contributed by atoms with E-state index < -0.39 is 5.91 Å². The van der Waals surface area contributed by atoms with Crippen LogP contribution in [0.4, 0.5) is 0 Å². The Hall–Kier alpha value is -1.79. The molecule has 0 atom stereocenters. The summed E-state index contributed by atoms with van der Waals surface area (Å²) in [5.74, 6) is 0.418. The first-order chi connectivity index (χ1) is 11.1. The molecule has 2 rings (SSSR count). The molecule has 1 aromatic rings. The zero-order chi connectivity index (χ0) is 16.5. The third-order valence-electron chi connectivity index (χ3n) is 3.86. The van der Waals surface area contributed by atoms with Gasteiger partial charge in [-0.2, -0.15) is 0 Å². The molecule has 6 nitrogen and oxygen atoms in total. The van der Waals surface area contributed by atoms with Gasteiger partial charge in [0.25, 0.3) is 5.91 Å². The molecule has 24 heavy (non-hydrogen) atoms. The molecule has 1 aliphatic rings. The van der Waals surface area contributed by atoms with E-state index in [0.29, 0.717) is 12.2 Å². The highest BCUT2D eigenvalue weighted by Gasteiger charge is 2.15. The third-order valence-corrected chi connectivity index (χ3v) is 3.86.